The average molecular weight is 601 g/mol. The standard InChI is InChI=1S/C11H16O4.C10H14O4.C5H13NO.C5H13N/c1-3-10(12)14-8-6-5-7-9-15-11(13)4-2;1-3-9(11)13-7-5-6-8-14-10(12)4-2;6-4-2-1-3-5-7;1-2-3-4-5-6/h3-4H,1-2,5-9H2;3-4H,1-2,5-8H2;7H,1-6H2;2-6H2,1H3. The molecular formula is C31H56N2O9. The fraction of sp³-hybridized carbons (Fsp3) is 0.613. The lowest BCUT2D eigenvalue weighted by Gasteiger charge is -2.02. The highest BCUT2D eigenvalue weighted by atomic mass is 16.5. The lowest BCUT2D eigenvalue weighted by molar-refractivity contribution is -0.140. The van der Waals surface area contributed by atoms with Gasteiger partial charge in [-0.1, -0.05) is 46.1 Å². The highest BCUT2D eigenvalue weighted by molar-refractivity contribution is 5.82. The average Bonchev–Trinajstić information content (AvgIpc) is 3.01. The molecule has 0 aliphatic carbocycles. The van der Waals surface area contributed by atoms with Gasteiger partial charge in [0.05, 0.1) is 26.4 Å². The predicted molar refractivity (Wildman–Crippen MR) is 166 cm³/mol. The van der Waals surface area contributed by atoms with E-state index in [0.717, 1.165) is 75.9 Å². The maximum atomic E-state index is 10.6. The summed E-state index contributed by atoms with van der Waals surface area (Å²) in [7, 11) is 0. The normalized spacial score (nSPS) is 9.05. The summed E-state index contributed by atoms with van der Waals surface area (Å²) in [5.41, 5.74) is 10.4. The van der Waals surface area contributed by atoms with Gasteiger partial charge in [-0.3, -0.25) is 0 Å². The molecule has 0 amide bonds. The Morgan fingerprint density at radius 3 is 1.05 bits per heavy atom. The van der Waals surface area contributed by atoms with Crippen molar-refractivity contribution >= 4 is 23.9 Å². The smallest absolute Gasteiger partial charge is 0.330 e. The zero-order valence-corrected chi connectivity index (χ0v) is 25.7. The van der Waals surface area contributed by atoms with E-state index in [-0.39, 0.29) is 0 Å². The van der Waals surface area contributed by atoms with Gasteiger partial charge in [0.25, 0.3) is 0 Å². The summed E-state index contributed by atoms with van der Waals surface area (Å²) < 4.78 is 18.9. The first-order valence-electron chi connectivity index (χ1n) is 14.4. The van der Waals surface area contributed by atoms with Crippen molar-refractivity contribution in [2.75, 3.05) is 46.1 Å². The van der Waals surface area contributed by atoms with Gasteiger partial charge in [0.1, 0.15) is 0 Å². The molecule has 0 saturated heterocycles. The van der Waals surface area contributed by atoms with Crippen LogP contribution in [0, 0.1) is 0 Å². The Bertz CT molecular complexity index is 642. The van der Waals surface area contributed by atoms with Gasteiger partial charge in [0.15, 0.2) is 0 Å². The molecule has 0 bridgehead atoms. The molecule has 0 aliphatic rings. The molecule has 0 fully saturated rings. The Morgan fingerprint density at radius 1 is 0.524 bits per heavy atom. The molecular weight excluding hydrogens is 544 g/mol. The highest BCUT2D eigenvalue weighted by Gasteiger charge is 1.98. The molecule has 0 aliphatic heterocycles. The van der Waals surface area contributed by atoms with E-state index in [1.165, 1.54) is 19.3 Å². The van der Waals surface area contributed by atoms with Gasteiger partial charge in [-0.2, -0.15) is 0 Å². The molecule has 42 heavy (non-hydrogen) atoms. The second-order valence-electron chi connectivity index (χ2n) is 8.32. The summed E-state index contributed by atoms with van der Waals surface area (Å²) in [6, 6.07) is 0. The van der Waals surface area contributed by atoms with Crippen LogP contribution in [0.5, 0.6) is 0 Å². The number of aliphatic hydroxyl groups excluding tert-OH is 1. The topological polar surface area (TPSA) is 177 Å². The zero-order chi connectivity index (χ0) is 32.7. The SMILES string of the molecule is C=CC(=O)OCCCCCOC(=O)C=C.C=CC(=O)OCCCCOC(=O)C=C.CCCCCN.NCCCCCO. The second-order valence-corrected chi connectivity index (χ2v) is 8.32. The first-order valence-corrected chi connectivity index (χ1v) is 14.4. The molecule has 0 aromatic rings. The van der Waals surface area contributed by atoms with E-state index >= 15 is 0 Å². The lowest BCUT2D eigenvalue weighted by atomic mass is 10.2. The fourth-order valence-corrected chi connectivity index (χ4v) is 2.34. The molecule has 11 heteroatoms. The van der Waals surface area contributed by atoms with E-state index in [1.54, 1.807) is 0 Å². The van der Waals surface area contributed by atoms with E-state index in [0.29, 0.717) is 45.9 Å². The van der Waals surface area contributed by atoms with Crippen molar-refractivity contribution in [2.45, 2.75) is 77.6 Å². The summed E-state index contributed by atoms with van der Waals surface area (Å²) in [6.07, 6.45) is 14.9. The largest absolute Gasteiger partial charge is 0.463 e. The minimum Gasteiger partial charge on any atom is -0.463 e. The fourth-order valence-electron chi connectivity index (χ4n) is 2.34. The molecule has 5 N–H and O–H groups in total. The summed E-state index contributed by atoms with van der Waals surface area (Å²) in [4.78, 5) is 42.3. The van der Waals surface area contributed by atoms with E-state index in [1.807, 2.05) is 0 Å². The highest BCUT2D eigenvalue weighted by Crippen LogP contribution is 1.97. The molecule has 0 unspecified atom stereocenters. The quantitative estimate of drug-likeness (QED) is 0.0706. The van der Waals surface area contributed by atoms with Gasteiger partial charge in [0, 0.05) is 30.9 Å². The van der Waals surface area contributed by atoms with Crippen LogP contribution in [0.15, 0.2) is 50.6 Å². The number of unbranched alkanes of at least 4 members (excludes halogenated alkanes) is 7. The zero-order valence-electron chi connectivity index (χ0n) is 25.7. The predicted octanol–water partition coefficient (Wildman–Crippen LogP) is 4.08. The van der Waals surface area contributed by atoms with Crippen LogP contribution in [0.2, 0.25) is 0 Å². The first-order chi connectivity index (χ1) is 20.2. The second kappa shape index (κ2) is 42.2. The molecule has 244 valence electrons. The number of carbonyl (C=O) groups is 4. The van der Waals surface area contributed by atoms with Crippen molar-refractivity contribution < 1.29 is 43.2 Å². The van der Waals surface area contributed by atoms with Crippen molar-refractivity contribution in [3.63, 3.8) is 0 Å². The van der Waals surface area contributed by atoms with Crippen molar-refractivity contribution in [2.24, 2.45) is 11.5 Å². The molecule has 0 aromatic heterocycles. The van der Waals surface area contributed by atoms with Crippen LogP contribution in [0.4, 0.5) is 0 Å². The lowest BCUT2D eigenvalue weighted by Crippen LogP contribution is -2.05. The summed E-state index contributed by atoms with van der Waals surface area (Å²) in [5.74, 6) is -1.69. The minimum absolute atomic E-state index is 0.306. The van der Waals surface area contributed by atoms with E-state index in [4.69, 9.17) is 35.5 Å². The van der Waals surface area contributed by atoms with Crippen LogP contribution in [-0.2, 0) is 38.1 Å². The molecule has 0 heterocycles. The van der Waals surface area contributed by atoms with Gasteiger partial charge < -0.3 is 35.5 Å². The monoisotopic (exact) mass is 600 g/mol. The Hall–Kier alpha value is -3.28. The number of hydrogen-bond donors (Lipinski definition) is 3. The van der Waals surface area contributed by atoms with Crippen LogP contribution in [0.25, 0.3) is 0 Å². The van der Waals surface area contributed by atoms with Gasteiger partial charge in [-0.25, -0.2) is 19.2 Å². The van der Waals surface area contributed by atoms with Crippen molar-refractivity contribution in [1.82, 2.24) is 0 Å². The van der Waals surface area contributed by atoms with Crippen LogP contribution >= 0.6 is 0 Å². The first kappa shape index (κ1) is 45.7. The van der Waals surface area contributed by atoms with Crippen LogP contribution in [-0.4, -0.2) is 75.1 Å². The van der Waals surface area contributed by atoms with Gasteiger partial charge in [-0.05, 0) is 70.9 Å². The Balaban J connectivity index is -0.000000246. The summed E-state index contributed by atoms with van der Waals surface area (Å²) >= 11 is 0. The number of rotatable bonds is 22. The molecule has 11 nitrogen and oxygen atoms in total. The van der Waals surface area contributed by atoms with E-state index < -0.39 is 23.9 Å². The van der Waals surface area contributed by atoms with Crippen molar-refractivity contribution in [3.05, 3.63) is 50.6 Å². The molecule has 0 radical (unpaired) electrons. The van der Waals surface area contributed by atoms with E-state index in [9.17, 15) is 19.2 Å². The Labute approximate surface area is 253 Å². The van der Waals surface area contributed by atoms with Crippen molar-refractivity contribution in [1.29, 1.82) is 0 Å². The molecule has 0 rings (SSSR count). The number of aliphatic hydroxyl groups is 1. The van der Waals surface area contributed by atoms with Crippen LogP contribution in [0.3, 0.4) is 0 Å². The summed E-state index contributed by atoms with van der Waals surface area (Å²) in [6.45, 7) is 18.5. The number of esters is 4. The number of carbonyl (C=O) groups excluding carboxylic acids is 4. The third-order valence-corrected chi connectivity index (χ3v) is 4.64. The molecule has 0 spiro atoms. The maximum Gasteiger partial charge on any atom is 0.330 e. The minimum atomic E-state index is -0.437. The molecule has 0 atom stereocenters. The maximum absolute atomic E-state index is 10.6. The molecule has 0 aromatic carbocycles. The van der Waals surface area contributed by atoms with Crippen LogP contribution in [0.1, 0.15) is 77.6 Å². The third-order valence-electron chi connectivity index (χ3n) is 4.64. The number of hydrogen-bond acceptors (Lipinski definition) is 11. The number of nitrogens with two attached hydrogens (primary N) is 2. The summed E-state index contributed by atoms with van der Waals surface area (Å²) in [5, 5.41) is 8.25. The van der Waals surface area contributed by atoms with Crippen LogP contribution < -0.4 is 11.5 Å². The van der Waals surface area contributed by atoms with Crippen molar-refractivity contribution in [3.8, 4) is 0 Å². The van der Waals surface area contributed by atoms with Gasteiger partial charge in [0.2, 0.25) is 0 Å². The Kier molecular flexibility index (Phi) is 45.9. The molecule has 0 saturated carbocycles. The van der Waals surface area contributed by atoms with Gasteiger partial charge in [-0.15, -0.1) is 0 Å². The number of ether oxygens (including phenoxy) is 4. The third kappa shape index (κ3) is 49.6. The van der Waals surface area contributed by atoms with E-state index in [2.05, 4.69) is 33.2 Å². The van der Waals surface area contributed by atoms with Gasteiger partial charge >= 0.3 is 23.9 Å². The Morgan fingerprint density at radius 2 is 0.810 bits per heavy atom.